The molecule has 0 radical (unpaired) electrons. The van der Waals surface area contributed by atoms with Gasteiger partial charge in [-0.1, -0.05) is 179 Å². The summed E-state index contributed by atoms with van der Waals surface area (Å²) in [6, 6.07) is 65.2. The van der Waals surface area contributed by atoms with Crippen molar-refractivity contribution in [2.45, 2.75) is 38.5 Å². The minimum Gasteiger partial charge on any atom is -0.309 e. The standard InChI is InChI=1S/C52H41N/c1-51(2)43-25-13-10-22-41(43)48-39(24-16-27-45(48)51)35-29-31-37(32-30-35)53(46-28-15-12-20-38(46)34-17-6-5-7-18-34)47-33-36-19-8-9-21-40(36)50-49(47)42-23-11-14-26-44(42)52(50,3)4/h5-33H,1-4H3. The van der Waals surface area contributed by atoms with Crippen molar-refractivity contribution in [2.24, 2.45) is 0 Å². The van der Waals surface area contributed by atoms with Crippen LogP contribution < -0.4 is 4.90 Å². The minimum atomic E-state index is -0.159. The second kappa shape index (κ2) is 11.7. The first-order valence-electron chi connectivity index (χ1n) is 18.8. The summed E-state index contributed by atoms with van der Waals surface area (Å²) in [6.45, 7) is 9.49. The van der Waals surface area contributed by atoms with Crippen molar-refractivity contribution in [1.82, 2.24) is 0 Å². The van der Waals surface area contributed by atoms with Gasteiger partial charge >= 0.3 is 0 Å². The number of hydrogen-bond acceptors (Lipinski definition) is 1. The van der Waals surface area contributed by atoms with Gasteiger partial charge in [-0.15, -0.1) is 0 Å². The molecule has 0 unspecified atom stereocenters. The predicted octanol–water partition coefficient (Wildman–Crippen LogP) is 14.3. The zero-order chi connectivity index (χ0) is 35.9. The Bertz CT molecular complexity index is 2710. The summed E-state index contributed by atoms with van der Waals surface area (Å²) in [5.74, 6) is 0. The maximum atomic E-state index is 2.52. The predicted molar refractivity (Wildman–Crippen MR) is 225 cm³/mol. The fourth-order valence-electron chi connectivity index (χ4n) is 9.54. The van der Waals surface area contributed by atoms with E-state index in [4.69, 9.17) is 0 Å². The molecule has 1 heteroatoms. The molecule has 0 bridgehead atoms. The van der Waals surface area contributed by atoms with Gasteiger partial charge in [-0.25, -0.2) is 0 Å². The Kier molecular flexibility index (Phi) is 6.94. The van der Waals surface area contributed by atoms with Crippen LogP contribution in [0.25, 0.3) is 55.3 Å². The maximum absolute atomic E-state index is 2.52. The average molecular weight is 680 g/mol. The van der Waals surface area contributed by atoms with Gasteiger partial charge in [-0.2, -0.15) is 0 Å². The Morgan fingerprint density at radius 1 is 0.377 bits per heavy atom. The van der Waals surface area contributed by atoms with Crippen molar-refractivity contribution in [3.05, 3.63) is 198 Å². The zero-order valence-corrected chi connectivity index (χ0v) is 30.7. The fraction of sp³-hybridized carbons (Fsp3) is 0.115. The van der Waals surface area contributed by atoms with Crippen LogP contribution in [0.1, 0.15) is 49.9 Å². The molecule has 0 aromatic heterocycles. The Labute approximate surface area is 312 Å². The molecule has 0 N–H and O–H groups in total. The third-order valence-corrected chi connectivity index (χ3v) is 12.0. The van der Waals surface area contributed by atoms with Crippen LogP contribution in [0.2, 0.25) is 0 Å². The highest BCUT2D eigenvalue weighted by molar-refractivity contribution is 6.07. The summed E-state index contributed by atoms with van der Waals surface area (Å²) in [6.07, 6.45) is 0. The van der Waals surface area contributed by atoms with Crippen LogP contribution in [0.4, 0.5) is 17.1 Å². The third kappa shape index (κ3) is 4.63. The molecule has 2 aliphatic rings. The molecule has 254 valence electrons. The van der Waals surface area contributed by atoms with Crippen molar-refractivity contribution < 1.29 is 0 Å². The van der Waals surface area contributed by atoms with Gasteiger partial charge in [0.25, 0.3) is 0 Å². The molecule has 0 fully saturated rings. The van der Waals surface area contributed by atoms with Gasteiger partial charge in [0, 0.05) is 27.6 Å². The second-order valence-corrected chi connectivity index (χ2v) is 15.7. The fourth-order valence-corrected chi connectivity index (χ4v) is 9.54. The SMILES string of the molecule is CC1(C)c2ccccc2-c2c(-c3ccc(N(c4ccccc4-c4ccccc4)c4cc5ccccc5c5c4-c4ccccc4C5(C)C)cc3)cccc21. The van der Waals surface area contributed by atoms with Crippen LogP contribution in [0, 0.1) is 0 Å². The molecule has 0 amide bonds. The zero-order valence-electron chi connectivity index (χ0n) is 30.7. The number of para-hydroxylation sites is 1. The maximum Gasteiger partial charge on any atom is 0.0549 e. The summed E-state index contributed by atoms with van der Waals surface area (Å²) in [4.78, 5) is 2.52. The number of nitrogens with zero attached hydrogens (tertiary/aromatic N) is 1. The average Bonchev–Trinajstić information content (AvgIpc) is 3.59. The van der Waals surface area contributed by atoms with E-state index in [9.17, 15) is 0 Å². The van der Waals surface area contributed by atoms with E-state index in [1.54, 1.807) is 0 Å². The molecular weight excluding hydrogens is 639 g/mol. The molecule has 1 nitrogen and oxygen atoms in total. The molecule has 0 saturated carbocycles. The monoisotopic (exact) mass is 679 g/mol. The van der Waals surface area contributed by atoms with Gasteiger partial charge in [0.2, 0.25) is 0 Å². The molecular formula is C52H41N. The summed E-state index contributed by atoms with van der Waals surface area (Å²) < 4.78 is 0. The first-order valence-corrected chi connectivity index (χ1v) is 18.8. The number of fused-ring (bicyclic) bond motifs is 8. The van der Waals surface area contributed by atoms with Crippen molar-refractivity contribution >= 4 is 27.8 Å². The summed E-state index contributed by atoms with van der Waals surface area (Å²) in [5, 5.41) is 2.57. The highest BCUT2D eigenvalue weighted by atomic mass is 15.1. The van der Waals surface area contributed by atoms with E-state index in [0.717, 1.165) is 11.4 Å². The van der Waals surface area contributed by atoms with Crippen LogP contribution in [0.5, 0.6) is 0 Å². The highest BCUT2D eigenvalue weighted by Gasteiger charge is 2.40. The molecule has 0 spiro atoms. The molecule has 0 saturated heterocycles. The normalized spacial score (nSPS) is 14.3. The Hall–Kier alpha value is -6.18. The van der Waals surface area contributed by atoms with Crippen molar-refractivity contribution in [3.63, 3.8) is 0 Å². The molecule has 8 aromatic carbocycles. The van der Waals surface area contributed by atoms with Crippen LogP contribution in [-0.2, 0) is 10.8 Å². The van der Waals surface area contributed by atoms with Gasteiger partial charge in [0.05, 0.1) is 11.4 Å². The molecule has 0 heterocycles. The molecule has 53 heavy (non-hydrogen) atoms. The summed E-state index contributed by atoms with van der Waals surface area (Å²) in [5.41, 5.74) is 19.1. The summed E-state index contributed by atoms with van der Waals surface area (Å²) in [7, 11) is 0. The number of hydrogen-bond donors (Lipinski definition) is 0. The van der Waals surface area contributed by atoms with E-state index in [1.807, 2.05) is 0 Å². The lowest BCUT2D eigenvalue weighted by Gasteiger charge is -2.31. The lowest BCUT2D eigenvalue weighted by atomic mass is 9.80. The van der Waals surface area contributed by atoms with E-state index in [1.165, 1.54) is 83.2 Å². The Morgan fingerprint density at radius 2 is 0.925 bits per heavy atom. The van der Waals surface area contributed by atoms with Gasteiger partial charge in [0.15, 0.2) is 0 Å². The first-order chi connectivity index (χ1) is 25.8. The van der Waals surface area contributed by atoms with Crippen molar-refractivity contribution in [2.75, 3.05) is 4.90 Å². The largest absolute Gasteiger partial charge is 0.309 e. The number of benzene rings is 8. The molecule has 0 aliphatic heterocycles. The van der Waals surface area contributed by atoms with E-state index < -0.39 is 0 Å². The molecule has 10 rings (SSSR count). The lowest BCUT2D eigenvalue weighted by Crippen LogP contribution is -2.17. The summed E-state index contributed by atoms with van der Waals surface area (Å²) >= 11 is 0. The number of rotatable bonds is 5. The molecule has 8 aromatic rings. The van der Waals surface area contributed by atoms with Gasteiger partial charge in [-0.3, -0.25) is 0 Å². The Morgan fingerprint density at radius 3 is 1.68 bits per heavy atom. The topological polar surface area (TPSA) is 3.24 Å². The van der Waals surface area contributed by atoms with Crippen LogP contribution in [0.3, 0.4) is 0 Å². The van der Waals surface area contributed by atoms with Crippen molar-refractivity contribution in [3.8, 4) is 44.5 Å². The van der Waals surface area contributed by atoms with E-state index >= 15 is 0 Å². The van der Waals surface area contributed by atoms with Crippen LogP contribution >= 0.6 is 0 Å². The van der Waals surface area contributed by atoms with E-state index in [-0.39, 0.29) is 10.8 Å². The van der Waals surface area contributed by atoms with Crippen molar-refractivity contribution in [1.29, 1.82) is 0 Å². The Balaban J connectivity index is 1.23. The number of anilines is 3. The van der Waals surface area contributed by atoms with E-state index in [0.29, 0.717) is 0 Å². The molecule has 2 aliphatic carbocycles. The molecule has 0 atom stereocenters. The minimum absolute atomic E-state index is 0.0413. The quantitative estimate of drug-likeness (QED) is 0.175. The third-order valence-electron chi connectivity index (χ3n) is 12.0. The first kappa shape index (κ1) is 31.5. The van der Waals surface area contributed by atoms with Gasteiger partial charge in [0.1, 0.15) is 0 Å². The van der Waals surface area contributed by atoms with Gasteiger partial charge in [-0.05, 0) is 90.7 Å². The van der Waals surface area contributed by atoms with Crippen LogP contribution in [-0.4, -0.2) is 0 Å². The highest BCUT2D eigenvalue weighted by Crippen LogP contribution is 2.58. The van der Waals surface area contributed by atoms with E-state index in [2.05, 4.69) is 209 Å². The lowest BCUT2D eigenvalue weighted by molar-refractivity contribution is 0.660. The van der Waals surface area contributed by atoms with Gasteiger partial charge < -0.3 is 4.90 Å². The van der Waals surface area contributed by atoms with Crippen LogP contribution in [0.15, 0.2) is 176 Å². The second-order valence-electron chi connectivity index (χ2n) is 15.7. The smallest absolute Gasteiger partial charge is 0.0549 e.